The van der Waals surface area contributed by atoms with E-state index in [0.29, 0.717) is 0 Å². The molecule has 2 rings (SSSR count). The van der Waals surface area contributed by atoms with Crippen LogP contribution in [0.1, 0.15) is 49.4 Å². The molecule has 1 heterocycles. The van der Waals surface area contributed by atoms with Gasteiger partial charge < -0.3 is 10.1 Å². The van der Waals surface area contributed by atoms with Crippen LogP contribution >= 0.6 is 0 Å². The van der Waals surface area contributed by atoms with Crippen LogP contribution in [0.4, 0.5) is 0 Å². The van der Waals surface area contributed by atoms with Gasteiger partial charge in [-0.3, -0.25) is 4.98 Å². The van der Waals surface area contributed by atoms with Crippen molar-refractivity contribution in [2.45, 2.75) is 39.7 Å². The molecular weight excluding hydrogens is 334 g/mol. The summed E-state index contributed by atoms with van der Waals surface area (Å²) < 4.78 is 5.44. The Bertz CT molecular complexity index is 810. The number of aromatic nitrogens is 1. The van der Waals surface area contributed by atoms with Crippen LogP contribution in [0.15, 0.2) is 72.3 Å². The Balaban J connectivity index is 2.30. The van der Waals surface area contributed by atoms with Crippen LogP contribution in [0.3, 0.4) is 0 Å². The molecule has 0 spiro atoms. The summed E-state index contributed by atoms with van der Waals surface area (Å²) in [4.78, 5) is 9.06. The number of ether oxygens (including phenoxy) is 1. The summed E-state index contributed by atoms with van der Waals surface area (Å²) in [5.41, 5.74) is 4.03. The monoisotopic (exact) mass is 363 g/mol. The molecule has 0 fully saturated rings. The maximum absolute atomic E-state index is 5.44. The molecule has 0 saturated heterocycles. The van der Waals surface area contributed by atoms with Crippen LogP contribution in [0.5, 0.6) is 5.75 Å². The predicted molar refractivity (Wildman–Crippen MR) is 113 cm³/mol. The number of nitrogens with zero attached hydrogens (tertiary/aromatic N) is 2. The van der Waals surface area contributed by atoms with Gasteiger partial charge in [-0.25, -0.2) is 4.99 Å². The van der Waals surface area contributed by atoms with Gasteiger partial charge in [0.1, 0.15) is 11.6 Å². The van der Waals surface area contributed by atoms with Crippen LogP contribution in [-0.4, -0.2) is 17.8 Å². The highest BCUT2D eigenvalue weighted by Gasteiger charge is 2.12. The molecule has 1 aromatic heterocycles. The highest BCUT2D eigenvalue weighted by atomic mass is 16.5. The van der Waals surface area contributed by atoms with Crippen molar-refractivity contribution in [2.75, 3.05) is 7.11 Å². The van der Waals surface area contributed by atoms with Gasteiger partial charge in [-0.05, 0) is 55.7 Å². The zero-order chi connectivity index (χ0) is 19.6. The lowest BCUT2D eigenvalue weighted by Crippen LogP contribution is -2.21. The second-order valence-electron chi connectivity index (χ2n) is 6.33. The van der Waals surface area contributed by atoms with Crippen LogP contribution in [0, 0.1) is 6.92 Å². The Morgan fingerprint density at radius 2 is 2.19 bits per heavy atom. The van der Waals surface area contributed by atoms with Gasteiger partial charge >= 0.3 is 0 Å². The van der Waals surface area contributed by atoms with Gasteiger partial charge in [0.25, 0.3) is 0 Å². The largest absolute Gasteiger partial charge is 0.496 e. The fraction of sp³-hybridized carbons (Fsp3) is 0.304. The van der Waals surface area contributed by atoms with Crippen molar-refractivity contribution < 1.29 is 4.74 Å². The summed E-state index contributed by atoms with van der Waals surface area (Å²) in [6.45, 7) is 10.1. The van der Waals surface area contributed by atoms with Crippen molar-refractivity contribution in [3.63, 3.8) is 0 Å². The highest BCUT2D eigenvalue weighted by molar-refractivity contribution is 6.09. The van der Waals surface area contributed by atoms with E-state index in [9.17, 15) is 0 Å². The zero-order valence-electron chi connectivity index (χ0n) is 16.7. The van der Waals surface area contributed by atoms with Crippen LogP contribution in [0.2, 0.25) is 0 Å². The van der Waals surface area contributed by atoms with Crippen molar-refractivity contribution in [3.8, 4) is 5.75 Å². The first-order chi connectivity index (χ1) is 13.1. The molecule has 0 amide bonds. The summed E-state index contributed by atoms with van der Waals surface area (Å²) in [7, 11) is 1.68. The third kappa shape index (κ3) is 5.55. The Morgan fingerprint density at radius 1 is 1.37 bits per heavy atom. The Labute approximate surface area is 162 Å². The Kier molecular flexibility index (Phi) is 7.80. The average molecular weight is 364 g/mol. The molecule has 0 aliphatic heterocycles. The lowest BCUT2D eigenvalue weighted by atomic mass is 10.0. The first-order valence-corrected chi connectivity index (χ1v) is 9.31. The smallest absolute Gasteiger partial charge is 0.122 e. The quantitative estimate of drug-likeness (QED) is 0.610. The number of benzene rings is 1. The van der Waals surface area contributed by atoms with Gasteiger partial charge in [-0.1, -0.05) is 38.1 Å². The van der Waals surface area contributed by atoms with E-state index in [2.05, 4.69) is 29.9 Å². The van der Waals surface area contributed by atoms with Crippen LogP contribution < -0.4 is 10.1 Å². The number of methoxy groups -OCH3 is 1. The first kappa shape index (κ1) is 20.4. The number of hydrogen-bond acceptors (Lipinski definition) is 4. The molecule has 27 heavy (non-hydrogen) atoms. The fourth-order valence-corrected chi connectivity index (χ4v) is 2.89. The standard InChI is InChI=1S/C23H29N3O/c1-6-10-21(19-11-9-14-24-16-19)26-23(8-3)25-20(7-2)18-13-12-17(4)22(15-18)27-5/h7-9,11-16,21,26H,2,6,10H2,1,3-5H3/b23-8+,25-20+. The molecule has 1 atom stereocenters. The van der Waals surface area contributed by atoms with E-state index >= 15 is 0 Å². The van der Waals surface area contributed by atoms with Crippen molar-refractivity contribution in [1.29, 1.82) is 0 Å². The predicted octanol–water partition coefficient (Wildman–Crippen LogP) is 5.37. The summed E-state index contributed by atoms with van der Waals surface area (Å²) >= 11 is 0. The van der Waals surface area contributed by atoms with E-state index < -0.39 is 0 Å². The Hall–Kier alpha value is -2.88. The molecule has 2 aromatic rings. The van der Waals surface area contributed by atoms with Gasteiger partial charge in [-0.2, -0.15) is 0 Å². The van der Waals surface area contributed by atoms with Crippen molar-refractivity contribution in [2.24, 2.45) is 4.99 Å². The number of hydrogen-bond donors (Lipinski definition) is 1. The molecule has 142 valence electrons. The first-order valence-electron chi connectivity index (χ1n) is 9.31. The second kappa shape index (κ2) is 10.3. The third-order valence-electron chi connectivity index (χ3n) is 4.40. The lowest BCUT2D eigenvalue weighted by molar-refractivity contribution is 0.411. The minimum absolute atomic E-state index is 0.164. The van der Waals surface area contributed by atoms with Crippen molar-refractivity contribution in [3.05, 3.63) is 84.0 Å². The van der Waals surface area contributed by atoms with E-state index in [1.54, 1.807) is 19.4 Å². The number of nitrogens with one attached hydrogen (secondary N) is 1. The minimum atomic E-state index is 0.164. The third-order valence-corrected chi connectivity index (χ3v) is 4.40. The van der Waals surface area contributed by atoms with Crippen LogP contribution in [0.25, 0.3) is 0 Å². The zero-order valence-corrected chi connectivity index (χ0v) is 16.7. The maximum atomic E-state index is 5.44. The molecule has 4 nitrogen and oxygen atoms in total. The molecule has 0 saturated carbocycles. The average Bonchev–Trinajstić information content (AvgIpc) is 2.71. The SMILES string of the molecule is C=C/C(=N\C(=C/C)NC(CCC)c1cccnc1)c1ccc(C)c(OC)c1. The number of pyridine rings is 1. The van der Waals surface area contributed by atoms with Gasteiger partial charge in [0.15, 0.2) is 0 Å². The lowest BCUT2D eigenvalue weighted by Gasteiger charge is -2.20. The van der Waals surface area contributed by atoms with Gasteiger partial charge in [-0.15, -0.1) is 0 Å². The van der Waals surface area contributed by atoms with E-state index in [0.717, 1.165) is 46.8 Å². The molecule has 4 heteroatoms. The van der Waals surface area contributed by atoms with E-state index in [1.807, 2.05) is 50.4 Å². The highest BCUT2D eigenvalue weighted by Crippen LogP contribution is 2.22. The maximum Gasteiger partial charge on any atom is 0.122 e. The molecule has 0 bridgehead atoms. The fourth-order valence-electron chi connectivity index (χ4n) is 2.89. The topological polar surface area (TPSA) is 46.5 Å². The summed E-state index contributed by atoms with van der Waals surface area (Å²) in [6.07, 6.45) is 9.52. The molecule has 1 N–H and O–H groups in total. The summed E-state index contributed by atoms with van der Waals surface area (Å²) in [5, 5.41) is 3.55. The van der Waals surface area contributed by atoms with E-state index in [-0.39, 0.29) is 6.04 Å². The number of aliphatic imine (C=N–C) groups is 1. The van der Waals surface area contributed by atoms with E-state index in [1.165, 1.54) is 0 Å². The van der Waals surface area contributed by atoms with Gasteiger partial charge in [0.2, 0.25) is 0 Å². The normalized spacial score (nSPS) is 13.2. The summed E-state index contributed by atoms with van der Waals surface area (Å²) in [6, 6.07) is 10.3. The second-order valence-corrected chi connectivity index (χ2v) is 6.33. The summed E-state index contributed by atoms with van der Waals surface area (Å²) in [5.74, 6) is 1.66. The minimum Gasteiger partial charge on any atom is -0.496 e. The van der Waals surface area contributed by atoms with Crippen molar-refractivity contribution in [1.82, 2.24) is 10.3 Å². The van der Waals surface area contributed by atoms with Crippen molar-refractivity contribution >= 4 is 5.71 Å². The molecule has 0 aliphatic rings. The number of rotatable bonds is 9. The molecule has 1 unspecified atom stereocenters. The van der Waals surface area contributed by atoms with Gasteiger partial charge in [0.05, 0.1) is 18.9 Å². The number of aryl methyl sites for hydroxylation is 1. The number of allylic oxidation sites excluding steroid dienone is 2. The van der Waals surface area contributed by atoms with Crippen LogP contribution in [-0.2, 0) is 0 Å². The Morgan fingerprint density at radius 3 is 2.78 bits per heavy atom. The molecule has 1 aromatic carbocycles. The molecule has 0 aliphatic carbocycles. The molecular formula is C23H29N3O. The molecule has 0 radical (unpaired) electrons. The van der Waals surface area contributed by atoms with Gasteiger partial charge in [0, 0.05) is 18.0 Å². The van der Waals surface area contributed by atoms with E-state index in [4.69, 9.17) is 9.73 Å².